The Hall–Kier alpha value is -2.99. The molecule has 170 valence electrons. The van der Waals surface area contributed by atoms with Crippen LogP contribution in [0.2, 0.25) is 10.0 Å². The molecule has 0 fully saturated rings. The predicted octanol–water partition coefficient (Wildman–Crippen LogP) is 6.63. The third-order valence-corrected chi connectivity index (χ3v) is 6.17. The van der Waals surface area contributed by atoms with E-state index in [-0.39, 0.29) is 5.75 Å². The molecule has 0 atom stereocenters. The molecule has 0 spiro atoms. The van der Waals surface area contributed by atoms with Crippen LogP contribution in [0, 0.1) is 0 Å². The Kier molecular flexibility index (Phi) is 6.94. The van der Waals surface area contributed by atoms with Crippen LogP contribution in [0.15, 0.2) is 71.9 Å². The number of rotatable bonds is 6. The van der Waals surface area contributed by atoms with Gasteiger partial charge in [0, 0.05) is 39.3 Å². The maximum absolute atomic E-state index is 11.1. The summed E-state index contributed by atoms with van der Waals surface area (Å²) in [6.45, 7) is 6.52. The van der Waals surface area contributed by atoms with Crippen molar-refractivity contribution in [2.45, 2.75) is 20.4 Å². The van der Waals surface area contributed by atoms with E-state index in [0.29, 0.717) is 38.7 Å². The number of benzene rings is 3. The number of fused-ring (bicyclic) bond motifs is 1. The van der Waals surface area contributed by atoms with Gasteiger partial charge in [-0.15, -0.1) is 0 Å². The van der Waals surface area contributed by atoms with Crippen molar-refractivity contribution in [3.05, 3.63) is 87.8 Å². The van der Waals surface area contributed by atoms with E-state index in [2.05, 4.69) is 18.7 Å². The van der Waals surface area contributed by atoms with Crippen LogP contribution in [-0.4, -0.2) is 33.0 Å². The molecule has 4 aromatic rings. The molecular formula is C26H25Cl2N3O2. The highest BCUT2D eigenvalue weighted by atomic mass is 35.5. The van der Waals surface area contributed by atoms with Crippen molar-refractivity contribution in [2.24, 2.45) is 4.99 Å². The second-order valence-corrected chi connectivity index (χ2v) is 8.66. The van der Waals surface area contributed by atoms with Crippen molar-refractivity contribution in [3.8, 4) is 16.9 Å². The molecule has 0 aliphatic heterocycles. The summed E-state index contributed by atoms with van der Waals surface area (Å²) >= 11 is 12.3. The Morgan fingerprint density at radius 2 is 1.70 bits per heavy atom. The van der Waals surface area contributed by atoms with Crippen LogP contribution >= 0.6 is 23.2 Å². The van der Waals surface area contributed by atoms with Crippen molar-refractivity contribution >= 4 is 39.8 Å². The summed E-state index contributed by atoms with van der Waals surface area (Å²) in [5, 5.41) is 23.9. The van der Waals surface area contributed by atoms with Gasteiger partial charge in [0.15, 0.2) is 0 Å². The number of phenols is 1. The first-order chi connectivity index (χ1) is 15.9. The molecule has 0 aliphatic rings. The number of hydrogen-bond acceptors (Lipinski definition) is 4. The number of pyridine rings is 1. The summed E-state index contributed by atoms with van der Waals surface area (Å²) in [6.07, 6.45) is 1.53. The van der Waals surface area contributed by atoms with Gasteiger partial charge in [-0.1, -0.05) is 49.2 Å². The molecular weight excluding hydrogens is 457 g/mol. The van der Waals surface area contributed by atoms with Crippen LogP contribution in [0.3, 0.4) is 0 Å². The van der Waals surface area contributed by atoms with Crippen LogP contribution in [0.25, 0.3) is 22.0 Å². The van der Waals surface area contributed by atoms with Gasteiger partial charge < -0.3 is 10.3 Å². The molecule has 0 saturated carbocycles. The van der Waals surface area contributed by atoms with Crippen molar-refractivity contribution in [1.29, 1.82) is 0 Å². The van der Waals surface area contributed by atoms with Crippen molar-refractivity contribution in [3.63, 3.8) is 0 Å². The topological polar surface area (TPSA) is 61.0 Å². The number of halogens is 2. The highest BCUT2D eigenvalue weighted by Crippen LogP contribution is 2.37. The molecule has 3 aromatic carbocycles. The smallest absolute Gasteiger partial charge is 0.128 e. The molecule has 2 N–H and O–H groups in total. The van der Waals surface area contributed by atoms with Gasteiger partial charge >= 0.3 is 0 Å². The standard InChI is InChI=1S/C26H25Cl2N3O2/c1-3-30(4-2)16-18-13-21(15-23(26(18)32)17-6-5-7-19(27)12-17)29-24-10-11-31(33)25-14-20(28)8-9-22(24)25/h5-15,32-33H,3-4,16H2,1-2H3. The molecule has 7 heteroatoms. The summed E-state index contributed by atoms with van der Waals surface area (Å²) in [5.74, 6) is 0.223. The highest BCUT2D eigenvalue weighted by Gasteiger charge is 2.14. The molecule has 33 heavy (non-hydrogen) atoms. The molecule has 0 aliphatic carbocycles. The van der Waals surface area contributed by atoms with E-state index in [1.165, 1.54) is 6.20 Å². The van der Waals surface area contributed by atoms with Crippen LogP contribution in [-0.2, 0) is 6.54 Å². The van der Waals surface area contributed by atoms with Gasteiger partial charge in [-0.25, -0.2) is 4.99 Å². The van der Waals surface area contributed by atoms with Crippen LogP contribution in [0.5, 0.6) is 5.75 Å². The average Bonchev–Trinajstić information content (AvgIpc) is 2.81. The van der Waals surface area contributed by atoms with Gasteiger partial charge in [0.25, 0.3) is 0 Å². The number of aromatic hydroxyl groups is 1. The summed E-state index contributed by atoms with van der Waals surface area (Å²) < 4.78 is 1.03. The molecule has 1 heterocycles. The maximum atomic E-state index is 11.1. The predicted molar refractivity (Wildman–Crippen MR) is 135 cm³/mol. The number of nitrogens with zero attached hydrogens (tertiary/aromatic N) is 3. The van der Waals surface area contributed by atoms with Gasteiger partial charge in [-0.05, 0) is 67.2 Å². The first kappa shape index (κ1) is 23.2. The van der Waals surface area contributed by atoms with E-state index >= 15 is 0 Å². The lowest BCUT2D eigenvalue weighted by Gasteiger charge is -2.20. The first-order valence-corrected chi connectivity index (χ1v) is 11.5. The molecule has 1 aromatic heterocycles. The minimum atomic E-state index is 0.223. The Morgan fingerprint density at radius 3 is 2.42 bits per heavy atom. The lowest BCUT2D eigenvalue weighted by atomic mass is 10.00. The maximum Gasteiger partial charge on any atom is 0.128 e. The zero-order valence-corrected chi connectivity index (χ0v) is 20.0. The summed E-state index contributed by atoms with van der Waals surface area (Å²) in [5.41, 5.74) is 3.52. The van der Waals surface area contributed by atoms with Gasteiger partial charge in [0.2, 0.25) is 0 Å². The number of aromatic nitrogens is 1. The Balaban J connectivity index is 1.94. The quantitative estimate of drug-likeness (QED) is 0.303. The monoisotopic (exact) mass is 481 g/mol. The van der Waals surface area contributed by atoms with Gasteiger partial charge in [0.1, 0.15) is 5.75 Å². The van der Waals surface area contributed by atoms with E-state index in [0.717, 1.165) is 34.3 Å². The fraction of sp³-hybridized carbons (Fsp3) is 0.192. The van der Waals surface area contributed by atoms with E-state index in [1.54, 1.807) is 24.3 Å². The first-order valence-electron chi connectivity index (χ1n) is 10.8. The third-order valence-electron chi connectivity index (χ3n) is 5.70. The number of phenolic OH excluding ortho intramolecular Hbond substituents is 1. The zero-order valence-electron chi connectivity index (χ0n) is 18.5. The number of hydrogen-bond donors (Lipinski definition) is 2. The summed E-state index contributed by atoms with van der Waals surface area (Å²) in [4.78, 5) is 7.11. The fourth-order valence-corrected chi connectivity index (χ4v) is 4.24. The largest absolute Gasteiger partial charge is 0.507 e. The SMILES string of the molecule is CCN(CC)Cc1cc(N=c2ccn(O)c3cc(Cl)ccc23)cc(-c2cccc(Cl)c2)c1O. The molecule has 0 bridgehead atoms. The molecule has 5 nitrogen and oxygen atoms in total. The van der Waals surface area contributed by atoms with Crippen molar-refractivity contribution in [2.75, 3.05) is 13.1 Å². The highest BCUT2D eigenvalue weighted by molar-refractivity contribution is 6.31. The van der Waals surface area contributed by atoms with Crippen LogP contribution in [0.1, 0.15) is 19.4 Å². The third kappa shape index (κ3) is 5.01. The fourth-order valence-electron chi connectivity index (χ4n) is 3.89. The molecule has 0 amide bonds. The Labute approximate surface area is 202 Å². The van der Waals surface area contributed by atoms with Gasteiger partial charge in [-0.2, -0.15) is 4.73 Å². The Morgan fingerprint density at radius 1 is 0.939 bits per heavy atom. The Bertz CT molecular complexity index is 1380. The van der Waals surface area contributed by atoms with E-state index in [9.17, 15) is 10.3 Å². The second kappa shape index (κ2) is 9.87. The van der Waals surface area contributed by atoms with Gasteiger partial charge in [0.05, 0.1) is 16.6 Å². The van der Waals surface area contributed by atoms with Crippen LogP contribution < -0.4 is 5.36 Å². The zero-order chi connectivity index (χ0) is 23.5. The van der Waals surface area contributed by atoms with E-state index < -0.39 is 0 Å². The molecule has 4 rings (SSSR count). The minimum absolute atomic E-state index is 0.223. The molecule has 0 unspecified atom stereocenters. The lowest BCUT2D eigenvalue weighted by Crippen LogP contribution is -2.22. The lowest BCUT2D eigenvalue weighted by molar-refractivity contribution is 0.198. The molecule has 0 radical (unpaired) electrons. The summed E-state index contributed by atoms with van der Waals surface area (Å²) in [6, 6.07) is 18.2. The summed E-state index contributed by atoms with van der Waals surface area (Å²) in [7, 11) is 0. The van der Waals surface area contributed by atoms with E-state index in [4.69, 9.17) is 28.2 Å². The minimum Gasteiger partial charge on any atom is -0.507 e. The van der Waals surface area contributed by atoms with Crippen molar-refractivity contribution < 1.29 is 10.3 Å². The van der Waals surface area contributed by atoms with Crippen molar-refractivity contribution in [1.82, 2.24) is 9.63 Å². The second-order valence-electron chi connectivity index (χ2n) is 7.79. The normalized spacial score (nSPS) is 12.1. The van der Waals surface area contributed by atoms with E-state index in [1.807, 2.05) is 36.4 Å². The van der Waals surface area contributed by atoms with Crippen LogP contribution in [0.4, 0.5) is 5.69 Å². The molecule has 0 saturated heterocycles. The van der Waals surface area contributed by atoms with Gasteiger partial charge in [-0.3, -0.25) is 4.90 Å². The average molecular weight is 482 g/mol.